The number of fused-ring (bicyclic) bond motifs is 1. The van der Waals surface area contributed by atoms with E-state index >= 15 is 0 Å². The molecule has 8 heteroatoms. The molecule has 27 heavy (non-hydrogen) atoms. The van der Waals surface area contributed by atoms with Crippen molar-refractivity contribution in [2.75, 3.05) is 6.54 Å². The van der Waals surface area contributed by atoms with Crippen molar-refractivity contribution in [1.82, 2.24) is 15.6 Å². The molecule has 0 radical (unpaired) electrons. The maximum atomic E-state index is 12.4. The van der Waals surface area contributed by atoms with E-state index in [-0.39, 0.29) is 30.0 Å². The van der Waals surface area contributed by atoms with Crippen LogP contribution in [0.15, 0.2) is 35.3 Å². The number of aromatic nitrogens is 1. The van der Waals surface area contributed by atoms with Crippen LogP contribution < -0.4 is 16.1 Å². The number of amides is 2. The Bertz CT molecular complexity index is 928. The highest BCUT2D eigenvalue weighted by molar-refractivity contribution is 5.98. The molecule has 1 aromatic carbocycles. The minimum atomic E-state index is -0.798. The van der Waals surface area contributed by atoms with E-state index < -0.39 is 17.3 Å². The summed E-state index contributed by atoms with van der Waals surface area (Å²) in [6.07, 6.45) is 3.59. The molecule has 2 amide bonds. The maximum Gasteiger partial charge on any atom is 0.306 e. The van der Waals surface area contributed by atoms with Crippen molar-refractivity contribution in [1.29, 1.82) is 0 Å². The molecule has 0 unspecified atom stereocenters. The molecular weight excluding hydrogens is 350 g/mol. The van der Waals surface area contributed by atoms with Crippen molar-refractivity contribution in [2.24, 2.45) is 5.92 Å². The number of rotatable bonds is 5. The molecule has 0 atom stereocenters. The van der Waals surface area contributed by atoms with Crippen LogP contribution in [-0.2, 0) is 9.59 Å². The van der Waals surface area contributed by atoms with E-state index in [0.717, 1.165) is 0 Å². The van der Waals surface area contributed by atoms with Gasteiger partial charge in [-0.15, -0.1) is 0 Å². The zero-order chi connectivity index (χ0) is 19.4. The summed E-state index contributed by atoms with van der Waals surface area (Å²) in [5.74, 6) is -2.13. The number of benzene rings is 1. The Kier molecular flexibility index (Phi) is 5.54. The molecule has 2 aromatic rings. The normalized spacial score (nSPS) is 19.4. The molecule has 3 rings (SSSR count). The van der Waals surface area contributed by atoms with Crippen LogP contribution in [0.5, 0.6) is 0 Å². The fraction of sp³-hybridized carbons (Fsp3) is 0.368. The van der Waals surface area contributed by atoms with E-state index in [1.807, 2.05) is 0 Å². The summed E-state index contributed by atoms with van der Waals surface area (Å²) in [5.41, 5.74) is 0.187. The molecular formula is C19H21N3O5. The fourth-order valence-electron chi connectivity index (χ4n) is 3.36. The fourth-order valence-corrected chi connectivity index (χ4v) is 3.36. The number of aliphatic carboxylic acids is 1. The Morgan fingerprint density at radius 1 is 1.11 bits per heavy atom. The molecule has 1 aliphatic carbocycles. The third-order valence-corrected chi connectivity index (χ3v) is 4.88. The van der Waals surface area contributed by atoms with E-state index in [0.29, 0.717) is 36.6 Å². The van der Waals surface area contributed by atoms with Gasteiger partial charge in [-0.2, -0.15) is 0 Å². The Morgan fingerprint density at radius 2 is 1.81 bits per heavy atom. The van der Waals surface area contributed by atoms with Crippen LogP contribution in [0.2, 0.25) is 0 Å². The van der Waals surface area contributed by atoms with Gasteiger partial charge in [0.25, 0.3) is 5.91 Å². The quantitative estimate of drug-likeness (QED) is 0.624. The summed E-state index contributed by atoms with van der Waals surface area (Å²) in [5, 5.41) is 14.6. The van der Waals surface area contributed by atoms with E-state index in [4.69, 9.17) is 5.11 Å². The summed E-state index contributed by atoms with van der Waals surface area (Å²) in [7, 11) is 0. The van der Waals surface area contributed by atoms with Gasteiger partial charge in [-0.3, -0.25) is 19.2 Å². The van der Waals surface area contributed by atoms with E-state index in [1.165, 1.54) is 6.20 Å². The van der Waals surface area contributed by atoms with Crippen LogP contribution in [0.3, 0.4) is 0 Å². The second kappa shape index (κ2) is 8.03. The van der Waals surface area contributed by atoms with Crippen LogP contribution in [0.4, 0.5) is 0 Å². The molecule has 0 spiro atoms. The van der Waals surface area contributed by atoms with Gasteiger partial charge in [0, 0.05) is 23.1 Å². The second-order valence-electron chi connectivity index (χ2n) is 6.71. The first-order chi connectivity index (χ1) is 13.0. The Labute approximate surface area is 155 Å². The smallest absolute Gasteiger partial charge is 0.306 e. The molecule has 1 aromatic heterocycles. The minimum Gasteiger partial charge on any atom is -0.481 e. The molecule has 142 valence electrons. The lowest BCUT2D eigenvalue weighted by Gasteiger charge is -2.26. The van der Waals surface area contributed by atoms with Crippen molar-refractivity contribution in [2.45, 2.75) is 31.7 Å². The average molecular weight is 371 g/mol. The van der Waals surface area contributed by atoms with Gasteiger partial charge in [-0.05, 0) is 37.8 Å². The summed E-state index contributed by atoms with van der Waals surface area (Å²) < 4.78 is 0. The Hall–Kier alpha value is -3.16. The van der Waals surface area contributed by atoms with Crippen LogP contribution in [0.25, 0.3) is 10.9 Å². The highest BCUT2D eigenvalue weighted by Gasteiger charge is 2.26. The number of nitrogens with one attached hydrogen (secondary N) is 3. The number of hydrogen-bond donors (Lipinski definition) is 4. The molecule has 1 saturated carbocycles. The van der Waals surface area contributed by atoms with Crippen LogP contribution in [0.1, 0.15) is 36.0 Å². The SMILES string of the molecule is O=C(CNC(=O)c1c[nH]c2ccccc2c1=O)NC1CCC(C(=O)O)CC1. The highest BCUT2D eigenvalue weighted by Crippen LogP contribution is 2.24. The van der Waals surface area contributed by atoms with Gasteiger partial charge in [0.1, 0.15) is 5.56 Å². The van der Waals surface area contributed by atoms with Gasteiger partial charge in [-0.1, -0.05) is 12.1 Å². The number of pyridine rings is 1. The molecule has 8 nitrogen and oxygen atoms in total. The summed E-state index contributed by atoms with van der Waals surface area (Å²) in [4.78, 5) is 50.5. The second-order valence-corrected chi connectivity index (χ2v) is 6.71. The lowest BCUT2D eigenvalue weighted by atomic mass is 9.86. The lowest BCUT2D eigenvalue weighted by Crippen LogP contribution is -2.44. The topological polar surface area (TPSA) is 128 Å². The van der Waals surface area contributed by atoms with Gasteiger partial charge < -0.3 is 20.7 Å². The van der Waals surface area contributed by atoms with E-state index in [2.05, 4.69) is 15.6 Å². The molecule has 1 aliphatic rings. The van der Waals surface area contributed by atoms with Crippen molar-refractivity contribution in [3.05, 3.63) is 46.2 Å². The predicted octanol–water partition coefficient (Wildman–Crippen LogP) is 1.02. The molecule has 1 fully saturated rings. The number of carboxylic acids is 1. The molecule has 0 bridgehead atoms. The van der Waals surface area contributed by atoms with Gasteiger partial charge in [-0.25, -0.2) is 0 Å². The monoisotopic (exact) mass is 371 g/mol. The number of aromatic amines is 1. The van der Waals surface area contributed by atoms with Crippen molar-refractivity contribution in [3.63, 3.8) is 0 Å². The number of para-hydroxylation sites is 1. The largest absolute Gasteiger partial charge is 0.481 e. The first-order valence-corrected chi connectivity index (χ1v) is 8.86. The van der Waals surface area contributed by atoms with Gasteiger partial charge in [0.15, 0.2) is 0 Å². The molecule has 0 saturated heterocycles. The van der Waals surface area contributed by atoms with Gasteiger partial charge in [0.05, 0.1) is 12.5 Å². The third kappa shape index (κ3) is 4.33. The summed E-state index contributed by atoms with van der Waals surface area (Å²) >= 11 is 0. The van der Waals surface area contributed by atoms with Crippen molar-refractivity contribution < 1.29 is 19.5 Å². The standard InChI is InChI=1S/C19H21N3O5/c23-16(22-12-7-5-11(6-8-12)19(26)27)10-21-18(25)14-9-20-15-4-2-1-3-13(15)17(14)24/h1-4,9,11-12H,5-8,10H2,(H,20,24)(H,21,25)(H,22,23)(H,26,27). The first-order valence-electron chi connectivity index (χ1n) is 8.86. The molecule has 1 heterocycles. The maximum absolute atomic E-state index is 12.4. The van der Waals surface area contributed by atoms with Crippen LogP contribution >= 0.6 is 0 Å². The van der Waals surface area contributed by atoms with E-state index in [9.17, 15) is 19.2 Å². The van der Waals surface area contributed by atoms with Crippen LogP contribution in [0, 0.1) is 5.92 Å². The van der Waals surface area contributed by atoms with Crippen LogP contribution in [-0.4, -0.2) is 40.5 Å². The third-order valence-electron chi connectivity index (χ3n) is 4.88. The summed E-state index contributed by atoms with van der Waals surface area (Å²) in [6, 6.07) is 6.78. The predicted molar refractivity (Wildman–Crippen MR) is 98.4 cm³/mol. The van der Waals surface area contributed by atoms with Gasteiger partial charge >= 0.3 is 5.97 Å². The number of H-pyrrole nitrogens is 1. The lowest BCUT2D eigenvalue weighted by molar-refractivity contribution is -0.142. The first kappa shape index (κ1) is 18.6. The minimum absolute atomic E-state index is 0.0523. The number of carbonyl (C=O) groups excluding carboxylic acids is 2. The van der Waals surface area contributed by atoms with Gasteiger partial charge in [0.2, 0.25) is 11.3 Å². The van der Waals surface area contributed by atoms with E-state index in [1.54, 1.807) is 24.3 Å². The zero-order valence-electron chi connectivity index (χ0n) is 14.7. The Balaban J connectivity index is 1.54. The summed E-state index contributed by atoms with van der Waals surface area (Å²) in [6.45, 7) is -0.246. The number of carboxylic acid groups (broad SMARTS) is 1. The molecule has 0 aliphatic heterocycles. The zero-order valence-corrected chi connectivity index (χ0v) is 14.7. The number of hydrogen-bond acceptors (Lipinski definition) is 4. The highest BCUT2D eigenvalue weighted by atomic mass is 16.4. The van der Waals surface area contributed by atoms with Crippen molar-refractivity contribution >= 4 is 28.7 Å². The van der Waals surface area contributed by atoms with Crippen molar-refractivity contribution in [3.8, 4) is 0 Å². The Morgan fingerprint density at radius 3 is 2.52 bits per heavy atom. The molecule has 4 N–H and O–H groups in total. The average Bonchev–Trinajstić information content (AvgIpc) is 2.67. The number of carbonyl (C=O) groups is 3.